The summed E-state index contributed by atoms with van der Waals surface area (Å²) in [5, 5.41) is 9.07. The molecule has 3 N–H and O–H groups in total. The highest BCUT2D eigenvalue weighted by Crippen LogP contribution is 2.24. The first-order valence-electron chi connectivity index (χ1n) is 8.74. The number of rotatable bonds is 3. The molecular weight excluding hydrogens is 311 g/mol. The Labute approximate surface area is 147 Å². The highest BCUT2D eigenvalue weighted by molar-refractivity contribution is 6.38. The third-order valence-electron chi connectivity index (χ3n) is 5.11. The number of hydrogen-bond donors (Lipinski definition) is 2. The molecule has 1 atom stereocenters. The van der Waals surface area contributed by atoms with Crippen LogP contribution in [0.2, 0.25) is 0 Å². The summed E-state index contributed by atoms with van der Waals surface area (Å²) >= 11 is 0. The Hall–Kier alpha value is -2.60. The highest BCUT2D eigenvalue weighted by Gasteiger charge is 2.17. The zero-order chi connectivity index (χ0) is 17.4. The number of nitrogens with zero attached hydrogens (tertiary/aromatic N) is 2. The van der Waals surface area contributed by atoms with E-state index < -0.39 is 5.91 Å². The zero-order valence-corrected chi connectivity index (χ0v) is 14.3. The fourth-order valence-electron chi connectivity index (χ4n) is 3.71. The predicted molar refractivity (Wildman–Crippen MR) is 103 cm³/mol. The number of piperidine rings is 1. The number of benzene rings is 2. The Morgan fingerprint density at radius 1 is 1.24 bits per heavy atom. The summed E-state index contributed by atoms with van der Waals surface area (Å²) in [6, 6.07) is 14.1. The van der Waals surface area contributed by atoms with Crippen molar-refractivity contribution in [3.8, 4) is 5.69 Å². The van der Waals surface area contributed by atoms with Crippen molar-refractivity contribution in [2.24, 2.45) is 5.73 Å². The fourth-order valence-corrected chi connectivity index (χ4v) is 3.71. The second-order valence-corrected chi connectivity index (χ2v) is 6.70. The Morgan fingerprint density at radius 2 is 2.04 bits per heavy atom. The molecule has 1 aliphatic rings. The molecule has 0 aliphatic carbocycles. The van der Waals surface area contributed by atoms with Gasteiger partial charge in [-0.3, -0.25) is 4.79 Å². The van der Waals surface area contributed by atoms with Crippen LogP contribution < -0.4 is 16.6 Å². The molecule has 0 saturated carbocycles. The maximum Gasteiger partial charge on any atom is 0.250 e. The monoisotopic (exact) mass is 332 g/mol. The van der Waals surface area contributed by atoms with Crippen molar-refractivity contribution in [2.75, 3.05) is 13.1 Å². The van der Waals surface area contributed by atoms with Gasteiger partial charge in [-0.1, -0.05) is 24.3 Å². The van der Waals surface area contributed by atoms with E-state index in [9.17, 15) is 4.79 Å². The van der Waals surface area contributed by atoms with E-state index in [1.54, 1.807) is 6.07 Å². The lowest BCUT2D eigenvalue weighted by Crippen LogP contribution is -2.28. The third kappa shape index (κ3) is 2.83. The molecule has 1 saturated heterocycles. The quantitative estimate of drug-likeness (QED) is 0.699. The summed E-state index contributed by atoms with van der Waals surface area (Å²) in [6.07, 6.45) is 2.46. The van der Waals surface area contributed by atoms with E-state index in [4.69, 9.17) is 5.73 Å². The summed E-state index contributed by atoms with van der Waals surface area (Å²) in [5.74, 6) is 0.137. The number of nitrogens with one attached hydrogen (secondary N) is 1. The highest BCUT2D eigenvalue weighted by atomic mass is 16.1. The number of carbonyl (C=O) groups excluding carboxylic acids is 1. The molecule has 4 rings (SSSR count). The van der Waals surface area contributed by atoms with Crippen LogP contribution in [0.3, 0.4) is 0 Å². The number of aromatic nitrogens is 2. The van der Waals surface area contributed by atoms with E-state index in [1.807, 2.05) is 24.7 Å². The summed E-state index contributed by atoms with van der Waals surface area (Å²) in [4.78, 5) is 11.7. The number of nitrogens with two attached hydrogens (primary N) is 1. The van der Waals surface area contributed by atoms with Crippen LogP contribution in [-0.4, -0.2) is 36.6 Å². The molecule has 2 aromatic carbocycles. The van der Waals surface area contributed by atoms with Gasteiger partial charge in [0.15, 0.2) is 7.85 Å². The van der Waals surface area contributed by atoms with Gasteiger partial charge in [0, 0.05) is 17.5 Å². The lowest BCUT2D eigenvalue weighted by Gasteiger charge is -2.23. The first-order chi connectivity index (χ1) is 12.1. The minimum Gasteiger partial charge on any atom is -0.366 e. The predicted octanol–water partition coefficient (Wildman–Crippen LogP) is 0.850. The Kier molecular flexibility index (Phi) is 4.05. The minimum absolute atomic E-state index is 0.449. The molecule has 0 bridgehead atoms. The van der Waals surface area contributed by atoms with Crippen molar-refractivity contribution in [2.45, 2.75) is 18.8 Å². The van der Waals surface area contributed by atoms with Crippen LogP contribution in [0.4, 0.5) is 0 Å². The van der Waals surface area contributed by atoms with E-state index in [0.29, 0.717) is 17.0 Å². The average molecular weight is 332 g/mol. The maximum absolute atomic E-state index is 11.7. The second kappa shape index (κ2) is 6.37. The molecule has 126 valence electrons. The van der Waals surface area contributed by atoms with Crippen LogP contribution >= 0.6 is 0 Å². The molecule has 3 aromatic rings. The van der Waals surface area contributed by atoms with Crippen LogP contribution in [0, 0.1) is 0 Å². The number of primary amides is 1. The number of fused-ring (bicyclic) bond motifs is 1. The van der Waals surface area contributed by atoms with Crippen molar-refractivity contribution in [3.63, 3.8) is 0 Å². The Balaban J connectivity index is 1.73. The molecule has 2 heterocycles. The summed E-state index contributed by atoms with van der Waals surface area (Å²) < 4.78 is 1.89. The minimum atomic E-state index is -0.449. The molecule has 0 spiro atoms. The van der Waals surface area contributed by atoms with Crippen LogP contribution in [0.25, 0.3) is 16.6 Å². The van der Waals surface area contributed by atoms with Crippen LogP contribution in [0.1, 0.15) is 34.7 Å². The standard InChI is InChI=1S/C19H21BN4O/c20-18-15-4-1-5-16(19(21)25)17(15)23-24(18)14-8-6-12(7-9-14)13-3-2-10-22-11-13/h1,4-9,13,22H,2-3,10-11,20H2,(H2,21,25)/t13-/m1/s1. The fraction of sp³-hybridized carbons (Fsp3) is 0.263. The summed E-state index contributed by atoms with van der Waals surface area (Å²) in [6.45, 7) is 2.17. The first-order valence-corrected chi connectivity index (χ1v) is 8.74. The smallest absolute Gasteiger partial charge is 0.250 e. The van der Waals surface area contributed by atoms with Crippen molar-refractivity contribution in [1.82, 2.24) is 15.1 Å². The van der Waals surface area contributed by atoms with Crippen LogP contribution in [-0.2, 0) is 0 Å². The molecule has 0 unspecified atom stereocenters. The largest absolute Gasteiger partial charge is 0.366 e. The van der Waals surface area contributed by atoms with Crippen molar-refractivity contribution >= 4 is 30.2 Å². The van der Waals surface area contributed by atoms with E-state index in [1.165, 1.54) is 18.4 Å². The van der Waals surface area contributed by atoms with Gasteiger partial charge in [-0.15, -0.1) is 0 Å². The summed E-state index contributed by atoms with van der Waals surface area (Å²) in [7, 11) is 2.01. The van der Waals surface area contributed by atoms with Gasteiger partial charge in [0.2, 0.25) is 0 Å². The molecule has 1 fully saturated rings. The average Bonchev–Trinajstić information content (AvgIpc) is 2.99. The van der Waals surface area contributed by atoms with Gasteiger partial charge in [-0.05, 0) is 49.1 Å². The van der Waals surface area contributed by atoms with E-state index in [0.717, 1.165) is 29.8 Å². The molecule has 6 heteroatoms. The van der Waals surface area contributed by atoms with Crippen LogP contribution in [0.15, 0.2) is 42.5 Å². The second-order valence-electron chi connectivity index (χ2n) is 6.70. The molecule has 1 aliphatic heterocycles. The summed E-state index contributed by atoms with van der Waals surface area (Å²) in [5.41, 5.74) is 9.97. The van der Waals surface area contributed by atoms with Crippen molar-refractivity contribution < 1.29 is 4.79 Å². The molecule has 25 heavy (non-hydrogen) atoms. The zero-order valence-electron chi connectivity index (χ0n) is 14.3. The van der Waals surface area contributed by atoms with Gasteiger partial charge in [0.1, 0.15) is 5.52 Å². The molecule has 1 amide bonds. The topological polar surface area (TPSA) is 72.9 Å². The maximum atomic E-state index is 11.7. The molecule has 5 nitrogen and oxygen atoms in total. The van der Waals surface area contributed by atoms with Crippen molar-refractivity contribution in [3.05, 3.63) is 53.6 Å². The first kappa shape index (κ1) is 15.9. The number of amides is 1. The van der Waals surface area contributed by atoms with E-state index in [-0.39, 0.29) is 0 Å². The number of hydrogen-bond acceptors (Lipinski definition) is 3. The molecular formula is C19H21BN4O. The van der Waals surface area contributed by atoms with Gasteiger partial charge in [-0.2, -0.15) is 5.10 Å². The SMILES string of the molecule is Bc1c2cccc(C(N)=O)c2nn1-c1ccc([C@@H]2CCCNC2)cc1. The van der Waals surface area contributed by atoms with Gasteiger partial charge < -0.3 is 11.1 Å². The third-order valence-corrected chi connectivity index (χ3v) is 5.11. The van der Waals surface area contributed by atoms with E-state index in [2.05, 4.69) is 34.7 Å². The Bertz CT molecular complexity index is 926. The number of carbonyl (C=O) groups is 1. The normalized spacial score (nSPS) is 17.7. The van der Waals surface area contributed by atoms with Gasteiger partial charge in [0.05, 0.1) is 11.3 Å². The van der Waals surface area contributed by atoms with Crippen LogP contribution in [0.5, 0.6) is 0 Å². The van der Waals surface area contributed by atoms with E-state index >= 15 is 0 Å². The lowest BCUT2D eigenvalue weighted by atomic mass is 9.91. The molecule has 1 aromatic heterocycles. The van der Waals surface area contributed by atoms with Crippen molar-refractivity contribution in [1.29, 1.82) is 0 Å². The van der Waals surface area contributed by atoms with Gasteiger partial charge >= 0.3 is 0 Å². The van der Waals surface area contributed by atoms with Gasteiger partial charge in [-0.25, -0.2) is 4.68 Å². The molecule has 0 radical (unpaired) electrons. The lowest BCUT2D eigenvalue weighted by molar-refractivity contribution is 0.100. The van der Waals surface area contributed by atoms with Gasteiger partial charge in [0.25, 0.3) is 5.91 Å². The Morgan fingerprint density at radius 3 is 2.72 bits per heavy atom.